The zero-order chi connectivity index (χ0) is 12.8. The first kappa shape index (κ1) is 14.6. The molecule has 0 bridgehead atoms. The lowest BCUT2D eigenvalue weighted by Crippen LogP contribution is -2.41. The van der Waals surface area contributed by atoms with Crippen molar-refractivity contribution >= 4 is 18.7 Å². The molecule has 0 fully saturated rings. The van der Waals surface area contributed by atoms with Crippen LogP contribution in [0.2, 0.25) is 0 Å². The molecule has 0 saturated carbocycles. The lowest BCUT2D eigenvalue weighted by atomic mass is 10.1. The van der Waals surface area contributed by atoms with Gasteiger partial charge in [-0.3, -0.25) is 0 Å². The number of aldehydes is 2. The molecule has 0 rings (SSSR count). The summed E-state index contributed by atoms with van der Waals surface area (Å²) >= 11 is 0. The Kier molecular flexibility index (Phi) is 5.71. The minimum atomic E-state index is -0.585. The molecule has 5 heteroatoms. The zero-order valence-corrected chi connectivity index (χ0v) is 10.2. The SMILES string of the molecule is CN(C(=O)OC(C)(C)C)C(CC=O)CC=O. The fourth-order valence-corrected chi connectivity index (χ4v) is 1.12. The second-order valence-corrected chi connectivity index (χ2v) is 4.55. The summed E-state index contributed by atoms with van der Waals surface area (Å²) < 4.78 is 5.13. The molecule has 0 N–H and O–H groups in total. The van der Waals surface area contributed by atoms with Crippen LogP contribution in [0.5, 0.6) is 0 Å². The van der Waals surface area contributed by atoms with Gasteiger partial charge in [0.05, 0.1) is 0 Å². The van der Waals surface area contributed by atoms with Gasteiger partial charge in [0.25, 0.3) is 0 Å². The number of amides is 1. The average molecular weight is 229 g/mol. The second-order valence-electron chi connectivity index (χ2n) is 4.55. The summed E-state index contributed by atoms with van der Waals surface area (Å²) in [5, 5.41) is 0. The van der Waals surface area contributed by atoms with E-state index in [0.717, 1.165) is 0 Å². The van der Waals surface area contributed by atoms with Gasteiger partial charge >= 0.3 is 6.09 Å². The van der Waals surface area contributed by atoms with Crippen LogP contribution >= 0.6 is 0 Å². The van der Waals surface area contributed by atoms with E-state index < -0.39 is 17.7 Å². The van der Waals surface area contributed by atoms with Crippen molar-refractivity contribution in [2.45, 2.75) is 45.3 Å². The highest BCUT2D eigenvalue weighted by Crippen LogP contribution is 2.12. The van der Waals surface area contributed by atoms with Gasteiger partial charge in [0.2, 0.25) is 0 Å². The van der Waals surface area contributed by atoms with Gasteiger partial charge in [-0.15, -0.1) is 0 Å². The first-order valence-corrected chi connectivity index (χ1v) is 5.15. The number of carbonyl (C=O) groups excluding carboxylic acids is 3. The lowest BCUT2D eigenvalue weighted by molar-refractivity contribution is -0.110. The third kappa shape index (κ3) is 5.48. The smallest absolute Gasteiger partial charge is 0.410 e. The quantitative estimate of drug-likeness (QED) is 0.668. The van der Waals surface area contributed by atoms with Crippen LogP contribution < -0.4 is 0 Å². The zero-order valence-electron chi connectivity index (χ0n) is 10.2. The van der Waals surface area contributed by atoms with Crippen molar-refractivity contribution in [3.05, 3.63) is 0 Å². The van der Waals surface area contributed by atoms with Crippen molar-refractivity contribution in [3.63, 3.8) is 0 Å². The molecule has 0 aromatic carbocycles. The Morgan fingerprint density at radius 1 is 1.25 bits per heavy atom. The van der Waals surface area contributed by atoms with Crippen molar-refractivity contribution in [1.82, 2.24) is 4.90 Å². The number of rotatable bonds is 5. The minimum absolute atomic E-state index is 0.133. The molecule has 0 aromatic heterocycles. The summed E-state index contributed by atoms with van der Waals surface area (Å²) in [5.41, 5.74) is -0.585. The number of nitrogens with zero attached hydrogens (tertiary/aromatic N) is 1. The maximum atomic E-state index is 11.6. The predicted octanol–water partition coefficient (Wildman–Crippen LogP) is 1.40. The van der Waals surface area contributed by atoms with Gasteiger partial charge < -0.3 is 19.2 Å². The molecule has 0 aliphatic rings. The Balaban J connectivity index is 4.47. The monoisotopic (exact) mass is 229 g/mol. The number of carbonyl (C=O) groups is 3. The Morgan fingerprint density at radius 2 is 1.69 bits per heavy atom. The highest BCUT2D eigenvalue weighted by Gasteiger charge is 2.24. The Hall–Kier alpha value is -1.39. The van der Waals surface area contributed by atoms with Crippen LogP contribution in [0.25, 0.3) is 0 Å². The third-order valence-corrected chi connectivity index (χ3v) is 1.97. The van der Waals surface area contributed by atoms with Crippen molar-refractivity contribution in [2.75, 3.05) is 7.05 Å². The van der Waals surface area contributed by atoms with E-state index in [9.17, 15) is 14.4 Å². The minimum Gasteiger partial charge on any atom is -0.444 e. The fraction of sp³-hybridized carbons (Fsp3) is 0.727. The van der Waals surface area contributed by atoms with Gasteiger partial charge in [0.1, 0.15) is 18.2 Å². The molecular formula is C11H19NO4. The highest BCUT2D eigenvalue weighted by molar-refractivity contribution is 5.69. The third-order valence-electron chi connectivity index (χ3n) is 1.97. The number of hydrogen-bond acceptors (Lipinski definition) is 4. The van der Waals surface area contributed by atoms with E-state index in [-0.39, 0.29) is 12.8 Å². The standard InChI is InChI=1S/C11H19NO4/c1-11(2,3)16-10(15)12(4)9(5-7-13)6-8-14/h7-9H,5-6H2,1-4H3. The molecule has 0 spiro atoms. The maximum Gasteiger partial charge on any atom is 0.410 e. The molecule has 0 unspecified atom stereocenters. The Labute approximate surface area is 95.7 Å². The van der Waals surface area contributed by atoms with Crippen LogP contribution in [-0.2, 0) is 14.3 Å². The van der Waals surface area contributed by atoms with Crippen molar-refractivity contribution in [2.24, 2.45) is 0 Å². The van der Waals surface area contributed by atoms with Crippen LogP contribution in [-0.4, -0.2) is 42.3 Å². The molecule has 0 atom stereocenters. The molecule has 5 nitrogen and oxygen atoms in total. The van der Waals surface area contributed by atoms with Gasteiger partial charge in [-0.25, -0.2) is 4.79 Å². The summed E-state index contributed by atoms with van der Waals surface area (Å²) in [5.74, 6) is 0. The van der Waals surface area contributed by atoms with E-state index in [1.165, 1.54) is 11.9 Å². The fourth-order valence-electron chi connectivity index (χ4n) is 1.12. The topological polar surface area (TPSA) is 63.7 Å². The van der Waals surface area contributed by atoms with Crippen LogP contribution in [0.4, 0.5) is 4.79 Å². The molecule has 92 valence electrons. The highest BCUT2D eigenvalue weighted by atomic mass is 16.6. The predicted molar refractivity (Wildman–Crippen MR) is 59.1 cm³/mol. The van der Waals surface area contributed by atoms with Crippen molar-refractivity contribution < 1.29 is 19.1 Å². The van der Waals surface area contributed by atoms with Crippen LogP contribution in [0.3, 0.4) is 0 Å². The first-order chi connectivity index (χ1) is 7.31. The van der Waals surface area contributed by atoms with Crippen molar-refractivity contribution in [1.29, 1.82) is 0 Å². The van der Waals surface area contributed by atoms with Crippen LogP contribution in [0.1, 0.15) is 33.6 Å². The summed E-state index contributed by atoms with van der Waals surface area (Å²) in [6.45, 7) is 5.27. The van der Waals surface area contributed by atoms with E-state index in [1.54, 1.807) is 20.8 Å². The Morgan fingerprint density at radius 3 is 2.00 bits per heavy atom. The summed E-state index contributed by atoms with van der Waals surface area (Å²) in [6.07, 6.45) is 1.12. The van der Waals surface area contributed by atoms with Gasteiger partial charge in [0.15, 0.2) is 0 Å². The van der Waals surface area contributed by atoms with Crippen LogP contribution in [0.15, 0.2) is 0 Å². The molecule has 16 heavy (non-hydrogen) atoms. The van der Waals surface area contributed by atoms with Gasteiger partial charge in [-0.05, 0) is 20.8 Å². The molecule has 0 saturated heterocycles. The van der Waals surface area contributed by atoms with E-state index in [1.807, 2.05) is 0 Å². The summed E-state index contributed by atoms with van der Waals surface area (Å²) in [4.78, 5) is 33.7. The molecule has 0 heterocycles. The molecule has 1 amide bonds. The van der Waals surface area contributed by atoms with Crippen molar-refractivity contribution in [3.8, 4) is 0 Å². The summed E-state index contributed by atoms with van der Waals surface area (Å²) in [7, 11) is 1.52. The second kappa shape index (κ2) is 6.25. The molecule has 0 aliphatic carbocycles. The molecule has 0 aromatic rings. The van der Waals surface area contributed by atoms with E-state index in [4.69, 9.17) is 4.74 Å². The maximum absolute atomic E-state index is 11.6. The largest absolute Gasteiger partial charge is 0.444 e. The van der Waals surface area contributed by atoms with E-state index >= 15 is 0 Å². The number of hydrogen-bond donors (Lipinski definition) is 0. The molecule has 0 radical (unpaired) electrons. The summed E-state index contributed by atoms with van der Waals surface area (Å²) in [6, 6.07) is -0.426. The Bertz CT molecular complexity index is 247. The molecule has 0 aliphatic heterocycles. The van der Waals surface area contributed by atoms with Gasteiger partial charge in [-0.2, -0.15) is 0 Å². The van der Waals surface area contributed by atoms with E-state index in [0.29, 0.717) is 12.6 Å². The lowest BCUT2D eigenvalue weighted by Gasteiger charge is -2.28. The molecular weight excluding hydrogens is 210 g/mol. The van der Waals surface area contributed by atoms with E-state index in [2.05, 4.69) is 0 Å². The average Bonchev–Trinajstić information content (AvgIpc) is 2.13. The first-order valence-electron chi connectivity index (χ1n) is 5.15. The van der Waals surface area contributed by atoms with Crippen LogP contribution in [0, 0.1) is 0 Å². The number of ether oxygens (including phenoxy) is 1. The normalized spacial score (nSPS) is 11.1. The van der Waals surface area contributed by atoms with Gasteiger partial charge in [-0.1, -0.05) is 0 Å². The van der Waals surface area contributed by atoms with Gasteiger partial charge in [0, 0.05) is 25.9 Å².